The molecule has 0 fully saturated rings. The first kappa shape index (κ1) is 20.4. The zero-order chi connectivity index (χ0) is 21.6. The molecule has 30 heavy (non-hydrogen) atoms. The molecule has 3 N–H and O–H groups in total. The molecule has 0 amide bonds. The van der Waals surface area contributed by atoms with Crippen LogP contribution in [0.3, 0.4) is 0 Å². The Labute approximate surface area is 173 Å². The van der Waals surface area contributed by atoms with Gasteiger partial charge in [-0.15, -0.1) is 0 Å². The molecule has 0 aliphatic carbocycles. The number of para-hydroxylation sites is 1. The molecule has 2 aromatic heterocycles. The molecule has 1 atom stereocenters. The summed E-state index contributed by atoms with van der Waals surface area (Å²) in [6.45, 7) is 4.26. The van der Waals surface area contributed by atoms with Crippen LogP contribution in [0.1, 0.15) is 11.3 Å². The van der Waals surface area contributed by atoms with Crippen molar-refractivity contribution in [1.29, 1.82) is 0 Å². The third-order valence-corrected chi connectivity index (χ3v) is 7.42. The number of aromatic amines is 2. The minimum absolute atomic E-state index is 0.0541. The monoisotopic (exact) mass is 428 g/mol. The zero-order valence-corrected chi connectivity index (χ0v) is 17.8. The predicted octanol–water partition coefficient (Wildman–Crippen LogP) is 2.11. The second kappa shape index (κ2) is 7.42. The van der Waals surface area contributed by atoms with Gasteiger partial charge >= 0.3 is 5.69 Å². The van der Waals surface area contributed by atoms with Crippen LogP contribution < -0.4 is 5.69 Å². The van der Waals surface area contributed by atoms with E-state index in [0.29, 0.717) is 11.0 Å². The van der Waals surface area contributed by atoms with Crippen molar-refractivity contribution in [2.45, 2.75) is 31.4 Å². The number of H-pyrrole nitrogens is 2. The minimum Gasteiger partial charge on any atom is -0.390 e. The molecule has 158 valence electrons. The molecule has 8 nitrogen and oxygen atoms in total. The topological polar surface area (TPSA) is 111 Å². The first-order valence-electron chi connectivity index (χ1n) is 9.59. The van der Waals surface area contributed by atoms with E-state index in [1.165, 1.54) is 19.2 Å². The van der Waals surface area contributed by atoms with E-state index in [-0.39, 0.29) is 18.0 Å². The second-order valence-corrected chi connectivity index (χ2v) is 9.61. The Morgan fingerprint density at radius 3 is 2.57 bits per heavy atom. The van der Waals surface area contributed by atoms with Crippen molar-refractivity contribution in [2.24, 2.45) is 0 Å². The summed E-state index contributed by atoms with van der Waals surface area (Å²) in [6, 6.07) is 12.4. The molecule has 0 unspecified atom stereocenters. The van der Waals surface area contributed by atoms with Gasteiger partial charge in [-0.2, -0.15) is 4.31 Å². The molecule has 0 spiro atoms. The molecule has 4 rings (SSSR count). The normalized spacial score (nSPS) is 13.5. The van der Waals surface area contributed by atoms with Gasteiger partial charge in [0.2, 0.25) is 10.0 Å². The molecule has 0 saturated heterocycles. The highest BCUT2D eigenvalue weighted by molar-refractivity contribution is 7.89. The molecule has 2 heterocycles. The third-order valence-electron chi connectivity index (χ3n) is 5.60. The van der Waals surface area contributed by atoms with Gasteiger partial charge < -0.3 is 19.6 Å². The second-order valence-electron chi connectivity index (χ2n) is 7.56. The standard InChI is InChI=1S/C21H24N4O4S/c1-13-14(2)25(20-7-5-4-6-17(13)20)12-15(26)11-24(3)30(28,29)16-8-9-18-19(10-16)23-21(27)22-18/h4-10,15,26H,11-12H2,1-3H3,(H2,22,23,27)/t15-/m0/s1. The maximum atomic E-state index is 13.0. The van der Waals surface area contributed by atoms with Gasteiger partial charge in [0.05, 0.1) is 28.6 Å². The summed E-state index contributed by atoms with van der Waals surface area (Å²) in [7, 11) is -2.39. The number of hydrogen-bond acceptors (Lipinski definition) is 4. The van der Waals surface area contributed by atoms with Gasteiger partial charge in [-0.05, 0) is 43.7 Å². The Balaban J connectivity index is 1.56. The van der Waals surface area contributed by atoms with Gasteiger partial charge in [-0.1, -0.05) is 18.2 Å². The van der Waals surface area contributed by atoms with Crippen LogP contribution in [0.5, 0.6) is 0 Å². The Bertz CT molecular complexity index is 1400. The molecule has 0 radical (unpaired) electrons. The smallest absolute Gasteiger partial charge is 0.323 e. The summed E-state index contributed by atoms with van der Waals surface area (Å²) in [5.74, 6) is 0. The number of aliphatic hydroxyl groups excluding tert-OH is 1. The van der Waals surface area contributed by atoms with Gasteiger partial charge in [0.15, 0.2) is 0 Å². The summed E-state index contributed by atoms with van der Waals surface area (Å²) in [5, 5.41) is 11.8. The van der Waals surface area contributed by atoms with Gasteiger partial charge in [-0.25, -0.2) is 13.2 Å². The lowest BCUT2D eigenvalue weighted by Gasteiger charge is -2.22. The number of imidazole rings is 1. The van der Waals surface area contributed by atoms with Crippen molar-refractivity contribution < 1.29 is 13.5 Å². The van der Waals surface area contributed by atoms with Crippen molar-refractivity contribution in [2.75, 3.05) is 13.6 Å². The average Bonchev–Trinajstić information content (AvgIpc) is 3.19. The molecular weight excluding hydrogens is 404 g/mol. The lowest BCUT2D eigenvalue weighted by atomic mass is 10.2. The lowest BCUT2D eigenvalue weighted by molar-refractivity contribution is 0.135. The first-order valence-corrected chi connectivity index (χ1v) is 11.0. The van der Waals surface area contributed by atoms with Crippen molar-refractivity contribution in [3.8, 4) is 0 Å². The number of nitrogens with one attached hydrogen (secondary N) is 2. The zero-order valence-electron chi connectivity index (χ0n) is 17.0. The van der Waals surface area contributed by atoms with Gasteiger partial charge in [0.1, 0.15) is 0 Å². The fourth-order valence-electron chi connectivity index (χ4n) is 3.85. The minimum atomic E-state index is -3.83. The maximum absolute atomic E-state index is 13.0. The molecule has 9 heteroatoms. The molecule has 0 aliphatic heterocycles. The summed E-state index contributed by atoms with van der Waals surface area (Å²) in [4.78, 5) is 16.6. The Kier molecular flexibility index (Phi) is 5.05. The van der Waals surface area contributed by atoms with E-state index in [0.717, 1.165) is 26.5 Å². The van der Waals surface area contributed by atoms with Gasteiger partial charge in [-0.3, -0.25) is 0 Å². The van der Waals surface area contributed by atoms with E-state index < -0.39 is 21.8 Å². The van der Waals surface area contributed by atoms with E-state index in [9.17, 15) is 18.3 Å². The van der Waals surface area contributed by atoms with Crippen LogP contribution >= 0.6 is 0 Å². The quantitative estimate of drug-likeness (QED) is 0.437. The third kappa shape index (κ3) is 3.45. The number of rotatable bonds is 6. The van der Waals surface area contributed by atoms with Crippen molar-refractivity contribution in [1.82, 2.24) is 18.8 Å². The van der Waals surface area contributed by atoms with Crippen molar-refractivity contribution in [3.63, 3.8) is 0 Å². The van der Waals surface area contributed by atoms with E-state index >= 15 is 0 Å². The van der Waals surface area contributed by atoms with E-state index in [1.54, 1.807) is 6.07 Å². The van der Waals surface area contributed by atoms with Crippen LogP contribution in [0.4, 0.5) is 0 Å². The van der Waals surface area contributed by atoms with Gasteiger partial charge in [0.25, 0.3) is 0 Å². The number of fused-ring (bicyclic) bond motifs is 2. The number of aromatic nitrogens is 3. The van der Waals surface area contributed by atoms with Crippen LogP contribution in [0.2, 0.25) is 0 Å². The van der Waals surface area contributed by atoms with Crippen molar-refractivity contribution in [3.05, 3.63) is 64.2 Å². The Hall–Kier alpha value is -2.88. The molecular formula is C21H24N4O4S. The number of aliphatic hydroxyl groups is 1. The van der Waals surface area contributed by atoms with Gasteiger partial charge in [0, 0.05) is 30.2 Å². The van der Waals surface area contributed by atoms with Crippen molar-refractivity contribution >= 4 is 32.0 Å². The molecule has 0 saturated carbocycles. The highest BCUT2D eigenvalue weighted by Crippen LogP contribution is 2.25. The first-order chi connectivity index (χ1) is 14.2. The van der Waals surface area contributed by atoms with Crippen LogP contribution in [0, 0.1) is 13.8 Å². The largest absolute Gasteiger partial charge is 0.390 e. The number of nitrogens with zero attached hydrogens (tertiary/aromatic N) is 2. The highest BCUT2D eigenvalue weighted by Gasteiger charge is 2.24. The molecule has 4 aromatic rings. The molecule has 0 aliphatic rings. The van der Waals surface area contributed by atoms with E-state index in [1.807, 2.05) is 42.7 Å². The Morgan fingerprint density at radius 1 is 1.10 bits per heavy atom. The number of likely N-dealkylation sites (N-methyl/N-ethyl adjacent to an activating group) is 1. The average molecular weight is 429 g/mol. The van der Waals surface area contributed by atoms with Crippen LogP contribution in [0.15, 0.2) is 52.2 Å². The highest BCUT2D eigenvalue weighted by atomic mass is 32.2. The Morgan fingerprint density at radius 2 is 1.80 bits per heavy atom. The maximum Gasteiger partial charge on any atom is 0.323 e. The summed E-state index contributed by atoms with van der Waals surface area (Å²) < 4.78 is 29.1. The lowest BCUT2D eigenvalue weighted by Crippen LogP contribution is -2.36. The summed E-state index contributed by atoms with van der Waals surface area (Å²) in [6.07, 6.45) is -0.894. The predicted molar refractivity (Wildman–Crippen MR) is 116 cm³/mol. The van der Waals surface area contributed by atoms with Crippen LogP contribution in [0.25, 0.3) is 21.9 Å². The molecule has 0 bridgehead atoms. The van der Waals surface area contributed by atoms with Crippen LogP contribution in [-0.2, 0) is 16.6 Å². The number of benzene rings is 2. The SMILES string of the molecule is Cc1c(C)n(C[C@@H](O)CN(C)S(=O)(=O)c2ccc3[nH]c(=O)[nH]c3c2)c2ccccc12. The van der Waals surface area contributed by atoms with E-state index in [4.69, 9.17) is 0 Å². The summed E-state index contributed by atoms with van der Waals surface area (Å²) in [5.41, 5.74) is 3.76. The number of sulfonamides is 1. The number of aryl methyl sites for hydroxylation is 1. The van der Waals surface area contributed by atoms with Crippen LogP contribution in [-0.4, -0.2) is 52.1 Å². The molecule has 2 aromatic carbocycles. The summed E-state index contributed by atoms with van der Waals surface area (Å²) >= 11 is 0. The number of hydrogen-bond donors (Lipinski definition) is 3. The fourth-order valence-corrected chi connectivity index (χ4v) is 5.09. The fraction of sp³-hybridized carbons (Fsp3) is 0.286. The van der Waals surface area contributed by atoms with E-state index in [2.05, 4.69) is 9.97 Å².